The number of sulfonamides is 1. The smallest absolute Gasteiger partial charge is 0.218 e. The number of rotatable bonds is 5. The Labute approximate surface area is 170 Å². The van der Waals surface area contributed by atoms with Gasteiger partial charge in [-0.25, -0.2) is 8.42 Å². The Kier molecular flexibility index (Phi) is 5.89. The lowest BCUT2D eigenvalue weighted by atomic mass is 10.1. The number of halogens is 1. The molecule has 0 bridgehead atoms. The highest BCUT2D eigenvalue weighted by Gasteiger charge is 2.28. The van der Waals surface area contributed by atoms with Crippen molar-refractivity contribution in [3.63, 3.8) is 0 Å². The topological polar surface area (TPSA) is 59.1 Å². The first-order valence-electron chi connectivity index (χ1n) is 9.27. The van der Waals surface area contributed by atoms with Gasteiger partial charge in [-0.05, 0) is 17.7 Å². The van der Waals surface area contributed by atoms with Gasteiger partial charge < -0.3 is 9.47 Å². The predicted octanol–water partition coefficient (Wildman–Crippen LogP) is 2.85. The van der Waals surface area contributed by atoms with Crippen LogP contribution in [0.15, 0.2) is 42.5 Å². The summed E-state index contributed by atoms with van der Waals surface area (Å²) in [6.07, 6.45) is 0. The minimum absolute atomic E-state index is 0.0451. The van der Waals surface area contributed by atoms with Crippen molar-refractivity contribution in [1.82, 2.24) is 9.21 Å². The molecule has 0 aliphatic carbocycles. The molecule has 1 saturated heterocycles. The quantitative estimate of drug-likeness (QED) is 0.741. The van der Waals surface area contributed by atoms with E-state index in [4.69, 9.17) is 21.1 Å². The lowest BCUT2D eigenvalue weighted by molar-refractivity contribution is -0.0175. The van der Waals surface area contributed by atoms with Crippen molar-refractivity contribution < 1.29 is 17.9 Å². The third-order valence-corrected chi connectivity index (χ3v) is 7.13. The standard InChI is InChI=1S/C20H23ClN2O4S/c21-19-10-17(20-18(11-19)13-26-15-27-20)12-22-6-8-23(9-7-22)28(24,25)14-16-4-2-1-3-5-16/h1-5,10-11H,6-9,12-15H2. The first-order chi connectivity index (χ1) is 13.5. The second-order valence-corrected chi connectivity index (χ2v) is 9.49. The van der Waals surface area contributed by atoms with Gasteiger partial charge in [-0.15, -0.1) is 0 Å². The summed E-state index contributed by atoms with van der Waals surface area (Å²) < 4.78 is 38.0. The Morgan fingerprint density at radius 1 is 1.04 bits per heavy atom. The lowest BCUT2D eigenvalue weighted by Crippen LogP contribution is -2.48. The third kappa shape index (κ3) is 4.50. The Morgan fingerprint density at radius 3 is 2.54 bits per heavy atom. The number of hydrogen-bond acceptors (Lipinski definition) is 5. The molecule has 2 aliphatic rings. The van der Waals surface area contributed by atoms with Gasteiger partial charge in [0.15, 0.2) is 6.79 Å². The highest BCUT2D eigenvalue weighted by atomic mass is 35.5. The van der Waals surface area contributed by atoms with Crippen LogP contribution in [0.2, 0.25) is 5.02 Å². The third-order valence-electron chi connectivity index (χ3n) is 5.06. The molecule has 4 rings (SSSR count). The van der Waals surface area contributed by atoms with Gasteiger partial charge in [0, 0.05) is 48.9 Å². The molecule has 28 heavy (non-hydrogen) atoms. The van der Waals surface area contributed by atoms with Crippen molar-refractivity contribution in [3.8, 4) is 5.75 Å². The number of piperazine rings is 1. The van der Waals surface area contributed by atoms with Gasteiger partial charge in [-0.3, -0.25) is 4.90 Å². The molecule has 150 valence electrons. The summed E-state index contributed by atoms with van der Waals surface area (Å²) >= 11 is 6.24. The van der Waals surface area contributed by atoms with Gasteiger partial charge in [0.2, 0.25) is 10.0 Å². The number of ether oxygens (including phenoxy) is 2. The summed E-state index contributed by atoms with van der Waals surface area (Å²) in [4.78, 5) is 2.24. The largest absolute Gasteiger partial charge is 0.467 e. The maximum atomic E-state index is 12.7. The van der Waals surface area contributed by atoms with E-state index in [1.54, 1.807) is 4.31 Å². The van der Waals surface area contributed by atoms with Crippen LogP contribution in [0, 0.1) is 0 Å². The van der Waals surface area contributed by atoms with E-state index in [1.807, 2.05) is 42.5 Å². The van der Waals surface area contributed by atoms with E-state index in [-0.39, 0.29) is 12.5 Å². The van der Waals surface area contributed by atoms with Crippen molar-refractivity contribution in [1.29, 1.82) is 0 Å². The fourth-order valence-electron chi connectivity index (χ4n) is 3.66. The Morgan fingerprint density at radius 2 is 1.79 bits per heavy atom. The van der Waals surface area contributed by atoms with Gasteiger partial charge in [0.25, 0.3) is 0 Å². The molecular weight excluding hydrogens is 400 g/mol. The number of fused-ring (bicyclic) bond motifs is 1. The number of nitrogens with zero attached hydrogens (tertiary/aromatic N) is 2. The molecule has 0 saturated carbocycles. The molecule has 6 nitrogen and oxygen atoms in total. The molecule has 0 N–H and O–H groups in total. The molecule has 0 radical (unpaired) electrons. The molecule has 2 aromatic rings. The summed E-state index contributed by atoms with van der Waals surface area (Å²) in [7, 11) is -3.31. The van der Waals surface area contributed by atoms with Crippen LogP contribution in [-0.4, -0.2) is 50.6 Å². The molecule has 0 aromatic heterocycles. The van der Waals surface area contributed by atoms with E-state index >= 15 is 0 Å². The van der Waals surface area contributed by atoms with Crippen molar-refractivity contribution in [2.24, 2.45) is 0 Å². The van der Waals surface area contributed by atoms with Crippen molar-refractivity contribution in [2.45, 2.75) is 18.9 Å². The van der Waals surface area contributed by atoms with Crippen molar-refractivity contribution >= 4 is 21.6 Å². The molecule has 1 fully saturated rings. The first-order valence-corrected chi connectivity index (χ1v) is 11.3. The average molecular weight is 423 g/mol. The van der Waals surface area contributed by atoms with Gasteiger partial charge in [0.1, 0.15) is 5.75 Å². The summed E-state index contributed by atoms with van der Waals surface area (Å²) in [6.45, 7) is 3.73. The molecule has 2 aliphatic heterocycles. The summed E-state index contributed by atoms with van der Waals surface area (Å²) in [5, 5.41) is 0.659. The summed E-state index contributed by atoms with van der Waals surface area (Å²) in [5.74, 6) is 0.888. The number of hydrogen-bond donors (Lipinski definition) is 0. The van der Waals surface area contributed by atoms with E-state index in [0.717, 1.165) is 22.4 Å². The molecule has 2 heterocycles. The highest BCUT2D eigenvalue weighted by Crippen LogP contribution is 2.32. The molecule has 2 aromatic carbocycles. The fraction of sp³-hybridized carbons (Fsp3) is 0.400. The number of benzene rings is 2. The maximum absolute atomic E-state index is 12.7. The van der Waals surface area contributed by atoms with E-state index in [1.165, 1.54) is 0 Å². The van der Waals surface area contributed by atoms with Crippen LogP contribution in [0.3, 0.4) is 0 Å². The van der Waals surface area contributed by atoms with Crippen LogP contribution in [0.4, 0.5) is 0 Å². The zero-order valence-electron chi connectivity index (χ0n) is 15.5. The SMILES string of the molecule is O=S(=O)(Cc1ccccc1)N1CCN(Cc2cc(Cl)cc3c2OCOC3)CC1. The van der Waals surface area contributed by atoms with Crippen LogP contribution in [-0.2, 0) is 33.7 Å². The second-order valence-electron chi connectivity index (χ2n) is 7.08. The van der Waals surface area contributed by atoms with Crippen LogP contribution < -0.4 is 4.74 Å². The Balaban J connectivity index is 1.39. The van der Waals surface area contributed by atoms with Crippen LogP contribution >= 0.6 is 11.6 Å². The first kappa shape index (κ1) is 19.7. The fourth-order valence-corrected chi connectivity index (χ4v) is 5.44. The minimum Gasteiger partial charge on any atom is -0.467 e. The van der Waals surface area contributed by atoms with Crippen molar-refractivity contribution in [3.05, 3.63) is 64.2 Å². The van der Waals surface area contributed by atoms with Gasteiger partial charge in [-0.1, -0.05) is 41.9 Å². The molecule has 0 spiro atoms. The molecule has 0 amide bonds. The molecule has 8 heteroatoms. The monoisotopic (exact) mass is 422 g/mol. The highest BCUT2D eigenvalue weighted by molar-refractivity contribution is 7.88. The van der Waals surface area contributed by atoms with Gasteiger partial charge >= 0.3 is 0 Å². The molecular formula is C20H23ClN2O4S. The summed E-state index contributed by atoms with van der Waals surface area (Å²) in [6, 6.07) is 13.1. The van der Waals surface area contributed by atoms with Crippen LogP contribution in [0.25, 0.3) is 0 Å². The van der Waals surface area contributed by atoms with E-state index < -0.39 is 10.0 Å². The Bertz CT molecular complexity index is 929. The predicted molar refractivity (Wildman–Crippen MR) is 108 cm³/mol. The molecule has 0 unspecified atom stereocenters. The minimum atomic E-state index is -3.31. The second kappa shape index (κ2) is 8.39. The Hall–Kier alpha value is -1.64. The normalized spacial score (nSPS) is 18.5. The van der Waals surface area contributed by atoms with E-state index in [9.17, 15) is 8.42 Å². The maximum Gasteiger partial charge on any atom is 0.218 e. The zero-order valence-corrected chi connectivity index (χ0v) is 17.1. The molecule has 0 atom stereocenters. The van der Waals surface area contributed by atoms with Crippen LogP contribution in [0.5, 0.6) is 5.75 Å². The van der Waals surface area contributed by atoms with E-state index in [0.29, 0.717) is 44.4 Å². The van der Waals surface area contributed by atoms with E-state index in [2.05, 4.69) is 4.90 Å². The van der Waals surface area contributed by atoms with Crippen molar-refractivity contribution in [2.75, 3.05) is 33.0 Å². The van der Waals surface area contributed by atoms with Gasteiger partial charge in [0.05, 0.1) is 12.4 Å². The lowest BCUT2D eigenvalue weighted by Gasteiger charge is -2.34. The summed E-state index contributed by atoms with van der Waals surface area (Å²) in [5.41, 5.74) is 2.79. The van der Waals surface area contributed by atoms with Crippen LogP contribution in [0.1, 0.15) is 16.7 Å². The zero-order chi connectivity index (χ0) is 19.6. The average Bonchev–Trinajstić information content (AvgIpc) is 2.69. The van der Waals surface area contributed by atoms with Gasteiger partial charge in [-0.2, -0.15) is 4.31 Å².